The van der Waals surface area contributed by atoms with Crippen molar-refractivity contribution in [3.63, 3.8) is 0 Å². The van der Waals surface area contributed by atoms with Gasteiger partial charge in [0.05, 0.1) is 0 Å². The molecule has 1 rings (SSSR count). The molecule has 0 saturated heterocycles. The highest BCUT2D eigenvalue weighted by atomic mass is 19.1. The minimum absolute atomic E-state index is 0.0924. The van der Waals surface area contributed by atoms with Gasteiger partial charge >= 0.3 is 0 Å². The molecule has 1 aromatic carbocycles. The van der Waals surface area contributed by atoms with Gasteiger partial charge in [-0.2, -0.15) is 0 Å². The third kappa shape index (κ3) is 3.53. The Morgan fingerprint density at radius 3 is 2.65 bits per heavy atom. The Morgan fingerprint density at radius 1 is 1.47 bits per heavy atom. The largest absolute Gasteiger partial charge is 0.348 e. The van der Waals surface area contributed by atoms with E-state index in [-0.39, 0.29) is 17.9 Å². The van der Waals surface area contributed by atoms with Gasteiger partial charge in [0.15, 0.2) is 0 Å². The number of hydrogen-bond donors (Lipinski definition) is 2. The summed E-state index contributed by atoms with van der Waals surface area (Å²) in [6.45, 7) is 6.12. The van der Waals surface area contributed by atoms with Crippen molar-refractivity contribution in [2.75, 3.05) is 6.54 Å². The number of halogens is 1. The lowest BCUT2D eigenvalue weighted by Crippen LogP contribution is -2.43. The van der Waals surface area contributed by atoms with E-state index in [1.54, 1.807) is 13.0 Å². The van der Waals surface area contributed by atoms with Crippen molar-refractivity contribution in [2.24, 2.45) is 11.7 Å². The van der Waals surface area contributed by atoms with Crippen LogP contribution >= 0.6 is 0 Å². The predicted molar refractivity (Wildman–Crippen MR) is 66.3 cm³/mol. The summed E-state index contributed by atoms with van der Waals surface area (Å²) in [7, 11) is 0. The number of amides is 1. The topological polar surface area (TPSA) is 55.1 Å². The fourth-order valence-electron chi connectivity index (χ4n) is 1.58. The molecule has 0 saturated carbocycles. The number of carbonyl (C=O) groups is 1. The van der Waals surface area contributed by atoms with E-state index < -0.39 is 5.82 Å². The Labute approximate surface area is 101 Å². The van der Waals surface area contributed by atoms with Gasteiger partial charge in [-0.25, -0.2) is 4.39 Å². The molecule has 0 radical (unpaired) electrons. The van der Waals surface area contributed by atoms with Crippen LogP contribution in [0.25, 0.3) is 0 Å². The second kappa shape index (κ2) is 5.77. The van der Waals surface area contributed by atoms with E-state index in [9.17, 15) is 9.18 Å². The minimum Gasteiger partial charge on any atom is -0.348 e. The van der Waals surface area contributed by atoms with E-state index >= 15 is 0 Å². The Hall–Kier alpha value is -1.42. The van der Waals surface area contributed by atoms with Crippen LogP contribution < -0.4 is 11.1 Å². The van der Waals surface area contributed by atoms with Crippen LogP contribution in [0.2, 0.25) is 0 Å². The molecule has 0 aliphatic heterocycles. The maximum absolute atomic E-state index is 13.1. The lowest BCUT2D eigenvalue weighted by Gasteiger charge is -2.21. The first-order chi connectivity index (χ1) is 7.95. The fourth-order valence-corrected chi connectivity index (χ4v) is 1.58. The standard InChI is InChI=1S/C13H19FN2O/c1-8(2)12(7-15)16-13(17)11-6-10(14)5-4-9(11)3/h4-6,8,12H,7,15H2,1-3H3,(H,16,17). The molecule has 0 heterocycles. The van der Waals surface area contributed by atoms with Crippen molar-refractivity contribution in [3.8, 4) is 0 Å². The molecule has 94 valence electrons. The third-order valence-corrected chi connectivity index (χ3v) is 2.82. The number of carbonyl (C=O) groups excluding carboxylic acids is 1. The van der Waals surface area contributed by atoms with Gasteiger partial charge in [-0.3, -0.25) is 4.79 Å². The van der Waals surface area contributed by atoms with E-state index in [0.717, 1.165) is 5.56 Å². The quantitative estimate of drug-likeness (QED) is 0.841. The number of nitrogens with two attached hydrogens (primary N) is 1. The van der Waals surface area contributed by atoms with Crippen LogP contribution in [-0.4, -0.2) is 18.5 Å². The number of aryl methyl sites for hydroxylation is 1. The zero-order chi connectivity index (χ0) is 13.0. The van der Waals surface area contributed by atoms with Crippen LogP contribution in [-0.2, 0) is 0 Å². The summed E-state index contributed by atoms with van der Waals surface area (Å²) in [6.07, 6.45) is 0. The fraction of sp³-hybridized carbons (Fsp3) is 0.462. The molecule has 1 unspecified atom stereocenters. The summed E-state index contributed by atoms with van der Waals surface area (Å²) in [5.41, 5.74) is 6.70. The molecule has 0 aliphatic rings. The molecule has 1 amide bonds. The van der Waals surface area contributed by atoms with Crippen molar-refractivity contribution in [1.29, 1.82) is 0 Å². The van der Waals surface area contributed by atoms with E-state index in [1.165, 1.54) is 12.1 Å². The molecule has 1 atom stereocenters. The first-order valence-electron chi connectivity index (χ1n) is 5.72. The van der Waals surface area contributed by atoms with E-state index in [0.29, 0.717) is 12.1 Å². The Morgan fingerprint density at radius 2 is 2.12 bits per heavy atom. The normalized spacial score (nSPS) is 12.6. The van der Waals surface area contributed by atoms with Gasteiger partial charge in [-0.05, 0) is 30.5 Å². The molecule has 3 N–H and O–H groups in total. The molecule has 4 heteroatoms. The van der Waals surface area contributed by atoms with Crippen molar-refractivity contribution >= 4 is 5.91 Å². The highest BCUT2D eigenvalue weighted by molar-refractivity contribution is 5.95. The summed E-state index contributed by atoms with van der Waals surface area (Å²) < 4.78 is 13.1. The van der Waals surface area contributed by atoms with E-state index in [2.05, 4.69) is 5.32 Å². The van der Waals surface area contributed by atoms with Crippen LogP contribution in [0, 0.1) is 18.7 Å². The van der Waals surface area contributed by atoms with Gasteiger partial charge in [0, 0.05) is 18.2 Å². The van der Waals surface area contributed by atoms with E-state index in [4.69, 9.17) is 5.73 Å². The van der Waals surface area contributed by atoms with Gasteiger partial charge in [0.2, 0.25) is 0 Å². The molecular weight excluding hydrogens is 219 g/mol. The first kappa shape index (κ1) is 13.6. The van der Waals surface area contributed by atoms with Crippen LogP contribution in [0.4, 0.5) is 4.39 Å². The van der Waals surface area contributed by atoms with Gasteiger partial charge in [0.1, 0.15) is 5.82 Å². The third-order valence-electron chi connectivity index (χ3n) is 2.82. The predicted octanol–water partition coefficient (Wildman–Crippen LogP) is 1.85. The molecule has 3 nitrogen and oxygen atoms in total. The van der Waals surface area contributed by atoms with Crippen molar-refractivity contribution in [3.05, 3.63) is 35.1 Å². The Kier molecular flexibility index (Phi) is 4.63. The molecule has 0 spiro atoms. The Bertz CT molecular complexity index is 404. The second-order valence-electron chi connectivity index (χ2n) is 4.52. The van der Waals surface area contributed by atoms with Crippen LogP contribution in [0.5, 0.6) is 0 Å². The number of nitrogens with one attached hydrogen (secondary N) is 1. The maximum Gasteiger partial charge on any atom is 0.251 e. The molecule has 0 fully saturated rings. The highest BCUT2D eigenvalue weighted by Crippen LogP contribution is 2.11. The van der Waals surface area contributed by atoms with Crippen LogP contribution in [0.15, 0.2) is 18.2 Å². The zero-order valence-electron chi connectivity index (χ0n) is 10.5. The van der Waals surface area contributed by atoms with Crippen molar-refractivity contribution in [1.82, 2.24) is 5.32 Å². The lowest BCUT2D eigenvalue weighted by atomic mass is 10.0. The maximum atomic E-state index is 13.1. The first-order valence-corrected chi connectivity index (χ1v) is 5.72. The average molecular weight is 238 g/mol. The summed E-state index contributed by atoms with van der Waals surface area (Å²) in [5, 5.41) is 2.82. The molecule has 0 aliphatic carbocycles. The second-order valence-corrected chi connectivity index (χ2v) is 4.52. The van der Waals surface area contributed by atoms with Crippen LogP contribution in [0.1, 0.15) is 29.8 Å². The minimum atomic E-state index is -0.408. The smallest absolute Gasteiger partial charge is 0.251 e. The number of hydrogen-bond acceptors (Lipinski definition) is 2. The molecule has 0 bridgehead atoms. The molecule has 17 heavy (non-hydrogen) atoms. The van der Waals surface area contributed by atoms with Gasteiger partial charge in [-0.1, -0.05) is 19.9 Å². The zero-order valence-corrected chi connectivity index (χ0v) is 10.5. The van der Waals surface area contributed by atoms with Crippen molar-refractivity contribution in [2.45, 2.75) is 26.8 Å². The molecular formula is C13H19FN2O. The number of rotatable bonds is 4. The molecule has 0 aromatic heterocycles. The summed E-state index contributed by atoms with van der Waals surface area (Å²) in [5.74, 6) is -0.432. The van der Waals surface area contributed by atoms with Gasteiger partial charge in [-0.15, -0.1) is 0 Å². The summed E-state index contributed by atoms with van der Waals surface area (Å²) in [6, 6.07) is 4.09. The lowest BCUT2D eigenvalue weighted by molar-refractivity contribution is 0.0926. The van der Waals surface area contributed by atoms with Gasteiger partial charge < -0.3 is 11.1 Å². The summed E-state index contributed by atoms with van der Waals surface area (Å²) in [4.78, 5) is 12.0. The highest BCUT2D eigenvalue weighted by Gasteiger charge is 2.17. The number of benzene rings is 1. The summed E-state index contributed by atoms with van der Waals surface area (Å²) >= 11 is 0. The Balaban J connectivity index is 2.86. The average Bonchev–Trinajstić information content (AvgIpc) is 2.28. The molecule has 1 aromatic rings. The van der Waals surface area contributed by atoms with Gasteiger partial charge in [0.25, 0.3) is 5.91 Å². The monoisotopic (exact) mass is 238 g/mol. The van der Waals surface area contributed by atoms with Crippen LogP contribution in [0.3, 0.4) is 0 Å². The SMILES string of the molecule is Cc1ccc(F)cc1C(=O)NC(CN)C(C)C. The van der Waals surface area contributed by atoms with Crippen molar-refractivity contribution < 1.29 is 9.18 Å². The van der Waals surface area contributed by atoms with E-state index in [1.807, 2.05) is 13.8 Å².